The van der Waals surface area contributed by atoms with Crippen LogP contribution in [0.3, 0.4) is 0 Å². The zero-order valence-corrected chi connectivity index (χ0v) is 11.1. The molecule has 1 aliphatic heterocycles. The number of carbonyl (C=O) groups excluding carboxylic acids is 1. The van der Waals surface area contributed by atoms with Crippen LogP contribution < -0.4 is 10.6 Å². The molecule has 1 unspecified atom stereocenters. The molecule has 1 fully saturated rings. The summed E-state index contributed by atoms with van der Waals surface area (Å²) in [5.41, 5.74) is 0.784. The van der Waals surface area contributed by atoms with Gasteiger partial charge in [-0.2, -0.15) is 11.8 Å². The van der Waals surface area contributed by atoms with Crippen molar-refractivity contribution in [2.24, 2.45) is 0 Å². The van der Waals surface area contributed by atoms with Crippen LogP contribution >= 0.6 is 11.8 Å². The van der Waals surface area contributed by atoms with Crippen LogP contribution in [0, 0.1) is 5.82 Å². The highest BCUT2D eigenvalue weighted by molar-refractivity contribution is 7.99. The summed E-state index contributed by atoms with van der Waals surface area (Å²) in [5.74, 6) is 1.55. The average molecular weight is 268 g/mol. The number of nitrogens with one attached hydrogen (secondary N) is 2. The Morgan fingerprint density at radius 2 is 2.44 bits per heavy atom. The van der Waals surface area contributed by atoms with E-state index >= 15 is 0 Å². The lowest BCUT2D eigenvalue weighted by molar-refractivity contribution is -0.123. The van der Waals surface area contributed by atoms with Crippen molar-refractivity contribution in [2.45, 2.75) is 19.0 Å². The molecule has 0 aromatic heterocycles. The summed E-state index contributed by atoms with van der Waals surface area (Å²) in [5, 5.41) is 6.09. The van der Waals surface area contributed by atoms with Gasteiger partial charge in [0, 0.05) is 18.1 Å². The highest BCUT2D eigenvalue weighted by Gasteiger charge is 2.22. The van der Waals surface area contributed by atoms with E-state index in [-0.39, 0.29) is 23.8 Å². The lowest BCUT2D eigenvalue weighted by Crippen LogP contribution is -2.49. The van der Waals surface area contributed by atoms with Crippen molar-refractivity contribution < 1.29 is 9.18 Å². The third kappa shape index (κ3) is 3.46. The first-order valence-corrected chi connectivity index (χ1v) is 7.19. The fraction of sp³-hybridized carbons (Fsp3) is 0.462. The van der Waals surface area contributed by atoms with E-state index < -0.39 is 0 Å². The topological polar surface area (TPSA) is 41.1 Å². The normalized spacial score (nSPS) is 21.3. The molecule has 18 heavy (non-hydrogen) atoms. The fourth-order valence-corrected chi connectivity index (χ4v) is 2.84. The van der Waals surface area contributed by atoms with Gasteiger partial charge in [-0.05, 0) is 24.6 Å². The molecule has 2 rings (SSSR count). The minimum atomic E-state index is -0.278. The van der Waals surface area contributed by atoms with Gasteiger partial charge in [-0.1, -0.05) is 12.1 Å². The maximum absolute atomic E-state index is 13.1. The molecule has 1 saturated heterocycles. The van der Waals surface area contributed by atoms with Crippen LogP contribution in [0.5, 0.6) is 0 Å². The molecule has 0 bridgehead atoms. The largest absolute Gasteiger partial charge is 0.348 e. The summed E-state index contributed by atoms with van der Waals surface area (Å²) in [7, 11) is 0. The summed E-state index contributed by atoms with van der Waals surface area (Å²) in [4.78, 5) is 12.0. The van der Waals surface area contributed by atoms with Gasteiger partial charge in [0.05, 0.1) is 12.1 Å². The maximum Gasteiger partial charge on any atom is 0.238 e. The summed E-state index contributed by atoms with van der Waals surface area (Å²) >= 11 is 1.77. The molecular formula is C13H17FN2OS. The quantitative estimate of drug-likeness (QED) is 0.877. The van der Waals surface area contributed by atoms with Crippen molar-refractivity contribution in [1.82, 2.24) is 10.6 Å². The molecule has 0 spiro atoms. The molecule has 1 aliphatic rings. The van der Waals surface area contributed by atoms with Crippen molar-refractivity contribution in [3.05, 3.63) is 35.6 Å². The number of hydrogen-bond acceptors (Lipinski definition) is 3. The minimum absolute atomic E-state index is 0.0149. The molecule has 98 valence electrons. The zero-order chi connectivity index (χ0) is 13.0. The third-order valence-corrected chi connectivity index (χ3v) is 4.01. The van der Waals surface area contributed by atoms with E-state index in [1.165, 1.54) is 12.1 Å². The van der Waals surface area contributed by atoms with Gasteiger partial charge in [-0.3, -0.25) is 4.79 Å². The molecule has 2 atom stereocenters. The molecule has 1 aromatic rings. The maximum atomic E-state index is 13.1. The van der Waals surface area contributed by atoms with Crippen LogP contribution in [0.15, 0.2) is 24.3 Å². The summed E-state index contributed by atoms with van der Waals surface area (Å²) in [6.07, 6.45) is 0. The van der Waals surface area contributed by atoms with Crippen molar-refractivity contribution in [1.29, 1.82) is 0 Å². The predicted molar refractivity (Wildman–Crippen MR) is 72.1 cm³/mol. The highest BCUT2D eigenvalue weighted by Crippen LogP contribution is 2.14. The fourth-order valence-electron chi connectivity index (χ4n) is 1.91. The number of carbonyl (C=O) groups is 1. The van der Waals surface area contributed by atoms with Crippen LogP contribution in [0.4, 0.5) is 4.39 Å². The number of amides is 1. The van der Waals surface area contributed by atoms with Crippen LogP contribution in [0.25, 0.3) is 0 Å². The number of benzene rings is 1. The Labute approximate surface area is 111 Å². The van der Waals surface area contributed by atoms with E-state index in [1.807, 2.05) is 13.0 Å². The van der Waals surface area contributed by atoms with Crippen molar-refractivity contribution in [2.75, 3.05) is 18.1 Å². The van der Waals surface area contributed by atoms with E-state index in [2.05, 4.69) is 10.6 Å². The van der Waals surface area contributed by atoms with Gasteiger partial charge in [0.25, 0.3) is 0 Å². The Bertz CT molecular complexity index is 421. The highest BCUT2D eigenvalue weighted by atomic mass is 32.2. The first kappa shape index (κ1) is 13.4. The molecule has 0 saturated carbocycles. The lowest BCUT2D eigenvalue weighted by Gasteiger charge is -2.24. The molecule has 2 N–H and O–H groups in total. The molecule has 1 amide bonds. The van der Waals surface area contributed by atoms with E-state index in [4.69, 9.17) is 0 Å². The molecule has 1 aromatic carbocycles. The Morgan fingerprint density at radius 1 is 1.61 bits per heavy atom. The first-order chi connectivity index (χ1) is 8.66. The Morgan fingerprint density at radius 3 is 3.11 bits per heavy atom. The Balaban J connectivity index is 1.94. The summed E-state index contributed by atoms with van der Waals surface area (Å²) in [6.45, 7) is 2.72. The van der Waals surface area contributed by atoms with E-state index in [1.54, 1.807) is 17.8 Å². The first-order valence-electron chi connectivity index (χ1n) is 6.04. The summed E-state index contributed by atoms with van der Waals surface area (Å²) < 4.78 is 13.1. The van der Waals surface area contributed by atoms with E-state index in [0.29, 0.717) is 0 Å². The van der Waals surface area contributed by atoms with Gasteiger partial charge in [0.15, 0.2) is 0 Å². The zero-order valence-electron chi connectivity index (χ0n) is 10.3. The van der Waals surface area contributed by atoms with Crippen LogP contribution in [0.1, 0.15) is 18.5 Å². The van der Waals surface area contributed by atoms with Gasteiger partial charge >= 0.3 is 0 Å². The van der Waals surface area contributed by atoms with Crippen LogP contribution in [-0.2, 0) is 4.79 Å². The van der Waals surface area contributed by atoms with Crippen LogP contribution in [0.2, 0.25) is 0 Å². The van der Waals surface area contributed by atoms with E-state index in [9.17, 15) is 9.18 Å². The van der Waals surface area contributed by atoms with Gasteiger partial charge < -0.3 is 10.6 Å². The van der Waals surface area contributed by atoms with Gasteiger partial charge in [-0.15, -0.1) is 0 Å². The minimum Gasteiger partial charge on any atom is -0.348 e. The molecular weight excluding hydrogens is 251 g/mol. The molecule has 3 nitrogen and oxygen atoms in total. The predicted octanol–water partition coefficient (Wildman–Crippen LogP) is 1.71. The van der Waals surface area contributed by atoms with Crippen molar-refractivity contribution in [3.8, 4) is 0 Å². The second kappa shape index (κ2) is 6.20. The SMILES string of the molecule is C[C@@H](NC(=O)C1CSCCN1)c1cccc(F)c1. The van der Waals surface area contributed by atoms with Gasteiger partial charge in [0.2, 0.25) is 5.91 Å². The summed E-state index contributed by atoms with van der Waals surface area (Å²) in [6, 6.07) is 6.01. The monoisotopic (exact) mass is 268 g/mol. The number of rotatable bonds is 3. The van der Waals surface area contributed by atoms with Crippen molar-refractivity contribution in [3.63, 3.8) is 0 Å². The smallest absolute Gasteiger partial charge is 0.238 e. The van der Waals surface area contributed by atoms with Gasteiger partial charge in [-0.25, -0.2) is 4.39 Å². The Kier molecular flexibility index (Phi) is 4.60. The standard InChI is InChI=1S/C13H17FN2OS/c1-9(10-3-2-4-11(14)7-10)16-13(17)12-8-18-6-5-15-12/h2-4,7,9,12,15H,5-6,8H2,1H3,(H,16,17)/t9-,12?/m1/s1. The molecule has 1 heterocycles. The Hall–Kier alpha value is -1.07. The van der Waals surface area contributed by atoms with Crippen LogP contribution in [-0.4, -0.2) is 30.0 Å². The van der Waals surface area contributed by atoms with E-state index in [0.717, 1.165) is 23.6 Å². The number of halogens is 1. The third-order valence-electron chi connectivity index (χ3n) is 2.95. The van der Waals surface area contributed by atoms with Crippen molar-refractivity contribution >= 4 is 17.7 Å². The average Bonchev–Trinajstić information content (AvgIpc) is 2.39. The number of hydrogen-bond donors (Lipinski definition) is 2. The second-order valence-electron chi connectivity index (χ2n) is 4.37. The lowest BCUT2D eigenvalue weighted by atomic mass is 10.1. The molecule has 0 radical (unpaired) electrons. The molecule has 0 aliphatic carbocycles. The number of thioether (sulfide) groups is 1. The van der Waals surface area contributed by atoms with Gasteiger partial charge in [0.1, 0.15) is 5.82 Å². The second-order valence-corrected chi connectivity index (χ2v) is 5.52. The molecule has 5 heteroatoms.